The van der Waals surface area contributed by atoms with Crippen molar-refractivity contribution in [3.05, 3.63) is 29.3 Å². The summed E-state index contributed by atoms with van der Waals surface area (Å²) in [7, 11) is 0. The number of para-hydroxylation sites is 1. The number of ether oxygens (including phenoxy) is 1. The second-order valence-electron chi connectivity index (χ2n) is 9.08. The molecule has 2 fully saturated rings. The first-order chi connectivity index (χ1) is 14.6. The monoisotopic (exact) mass is 429 g/mol. The van der Waals surface area contributed by atoms with Crippen LogP contribution < -0.4 is 0 Å². The molecule has 164 valence electrons. The second-order valence-corrected chi connectivity index (χ2v) is 10.2. The largest absolute Gasteiger partial charge is 0.373 e. The number of amides is 1. The summed E-state index contributed by atoms with van der Waals surface area (Å²) in [6, 6.07) is 8.30. The first-order valence-corrected chi connectivity index (χ1v) is 12.4. The van der Waals surface area contributed by atoms with Crippen LogP contribution in [-0.2, 0) is 16.0 Å². The van der Waals surface area contributed by atoms with Gasteiger partial charge in [-0.3, -0.25) is 9.69 Å². The fraction of sp³-hybridized carbons (Fsp3) is 0.667. The smallest absolute Gasteiger partial charge is 0.222 e. The molecule has 0 saturated carbocycles. The lowest BCUT2D eigenvalue weighted by molar-refractivity contribution is -0.133. The van der Waals surface area contributed by atoms with Gasteiger partial charge in [0.2, 0.25) is 5.91 Å². The Morgan fingerprint density at radius 3 is 2.60 bits per heavy atom. The molecule has 2 aliphatic rings. The van der Waals surface area contributed by atoms with Crippen molar-refractivity contribution in [2.24, 2.45) is 5.92 Å². The standard InChI is InChI=1S/C24H35N3O2S/c1-18-15-26(16-19(2)29-18)17-20-11-13-27(14-12-20)24(28)10-6-5-9-23-25-21-7-3-4-8-22(21)30-23/h3-4,7-8,18-20H,5-6,9-17H2,1-2H3. The van der Waals surface area contributed by atoms with Crippen LogP contribution in [0.5, 0.6) is 0 Å². The number of unbranched alkanes of at least 4 members (excludes halogenated alkanes) is 1. The molecule has 2 saturated heterocycles. The van der Waals surface area contributed by atoms with Crippen molar-refractivity contribution in [3.63, 3.8) is 0 Å². The van der Waals surface area contributed by atoms with Gasteiger partial charge in [-0.25, -0.2) is 4.98 Å². The molecule has 2 atom stereocenters. The maximum absolute atomic E-state index is 12.6. The Balaban J connectivity index is 1.13. The third-order valence-electron chi connectivity index (χ3n) is 6.35. The summed E-state index contributed by atoms with van der Waals surface area (Å²) in [4.78, 5) is 22.0. The number of hydrogen-bond acceptors (Lipinski definition) is 5. The third-order valence-corrected chi connectivity index (χ3v) is 7.44. The number of likely N-dealkylation sites (tertiary alicyclic amines) is 1. The number of piperidine rings is 1. The lowest BCUT2D eigenvalue weighted by Gasteiger charge is -2.39. The molecule has 2 aliphatic heterocycles. The van der Waals surface area contributed by atoms with Crippen LogP contribution in [0.1, 0.15) is 51.0 Å². The van der Waals surface area contributed by atoms with Crippen molar-refractivity contribution in [1.82, 2.24) is 14.8 Å². The average molecular weight is 430 g/mol. The quantitative estimate of drug-likeness (QED) is 0.614. The minimum absolute atomic E-state index is 0.332. The van der Waals surface area contributed by atoms with E-state index >= 15 is 0 Å². The molecule has 1 aromatic carbocycles. The van der Waals surface area contributed by atoms with Gasteiger partial charge in [-0.2, -0.15) is 0 Å². The van der Waals surface area contributed by atoms with Crippen molar-refractivity contribution < 1.29 is 9.53 Å². The van der Waals surface area contributed by atoms with E-state index in [1.807, 2.05) is 6.07 Å². The molecule has 30 heavy (non-hydrogen) atoms. The average Bonchev–Trinajstić information content (AvgIpc) is 3.14. The lowest BCUT2D eigenvalue weighted by Crippen LogP contribution is -2.48. The maximum atomic E-state index is 12.6. The zero-order valence-corrected chi connectivity index (χ0v) is 19.2. The number of nitrogens with zero attached hydrogens (tertiary/aromatic N) is 3. The second kappa shape index (κ2) is 10.2. The van der Waals surface area contributed by atoms with Gasteiger partial charge in [0.1, 0.15) is 0 Å². The minimum atomic E-state index is 0.332. The number of carbonyl (C=O) groups is 1. The van der Waals surface area contributed by atoms with E-state index in [0.29, 0.717) is 30.5 Å². The van der Waals surface area contributed by atoms with Crippen LogP contribution in [0.25, 0.3) is 10.2 Å². The summed E-state index contributed by atoms with van der Waals surface area (Å²) >= 11 is 1.78. The normalized spacial score (nSPS) is 23.9. The van der Waals surface area contributed by atoms with Gasteiger partial charge in [-0.05, 0) is 64.0 Å². The van der Waals surface area contributed by atoms with Gasteiger partial charge in [-0.15, -0.1) is 11.3 Å². The molecule has 1 amide bonds. The lowest BCUT2D eigenvalue weighted by atomic mass is 9.95. The van der Waals surface area contributed by atoms with E-state index in [0.717, 1.165) is 70.3 Å². The van der Waals surface area contributed by atoms with Crippen molar-refractivity contribution in [2.75, 3.05) is 32.7 Å². The topological polar surface area (TPSA) is 45.7 Å². The summed E-state index contributed by atoms with van der Waals surface area (Å²) in [5, 5.41) is 1.19. The summed E-state index contributed by atoms with van der Waals surface area (Å²) < 4.78 is 7.10. The Morgan fingerprint density at radius 2 is 1.87 bits per heavy atom. The van der Waals surface area contributed by atoms with E-state index in [2.05, 4.69) is 41.8 Å². The van der Waals surface area contributed by atoms with Gasteiger partial charge in [-0.1, -0.05) is 12.1 Å². The molecular weight excluding hydrogens is 394 g/mol. The van der Waals surface area contributed by atoms with Gasteiger partial charge in [0.15, 0.2) is 0 Å². The highest BCUT2D eigenvalue weighted by Gasteiger charge is 2.27. The molecule has 0 bridgehead atoms. The van der Waals surface area contributed by atoms with Crippen LogP contribution >= 0.6 is 11.3 Å². The third kappa shape index (κ3) is 5.80. The van der Waals surface area contributed by atoms with Crippen molar-refractivity contribution in [3.8, 4) is 0 Å². The van der Waals surface area contributed by atoms with Crippen LogP contribution in [0.4, 0.5) is 0 Å². The maximum Gasteiger partial charge on any atom is 0.222 e. The Kier molecular flexibility index (Phi) is 7.39. The predicted octanol–water partition coefficient (Wildman–Crippen LogP) is 4.36. The van der Waals surface area contributed by atoms with E-state index in [1.54, 1.807) is 11.3 Å². The van der Waals surface area contributed by atoms with Crippen LogP contribution in [0.3, 0.4) is 0 Å². The number of aryl methyl sites for hydroxylation is 1. The van der Waals surface area contributed by atoms with Gasteiger partial charge < -0.3 is 9.64 Å². The summed E-state index contributed by atoms with van der Waals surface area (Å²) in [5.74, 6) is 1.05. The number of fused-ring (bicyclic) bond motifs is 1. The summed E-state index contributed by atoms with van der Waals surface area (Å²) in [6.45, 7) is 9.42. The summed E-state index contributed by atoms with van der Waals surface area (Å²) in [6.07, 6.45) is 6.58. The number of thiazole rings is 1. The predicted molar refractivity (Wildman–Crippen MR) is 123 cm³/mol. The molecule has 1 aromatic heterocycles. The number of rotatable bonds is 7. The molecule has 0 radical (unpaired) electrons. The minimum Gasteiger partial charge on any atom is -0.373 e. The zero-order chi connectivity index (χ0) is 20.9. The zero-order valence-electron chi connectivity index (χ0n) is 18.4. The number of hydrogen-bond donors (Lipinski definition) is 0. The number of carbonyl (C=O) groups excluding carboxylic acids is 1. The molecule has 6 heteroatoms. The molecule has 2 aromatic rings. The van der Waals surface area contributed by atoms with Crippen LogP contribution in [0, 0.1) is 5.92 Å². The Hall–Kier alpha value is -1.50. The SMILES string of the molecule is CC1CN(CC2CCN(C(=O)CCCCc3nc4ccccc4s3)CC2)CC(C)O1. The Bertz CT molecular complexity index is 788. The fourth-order valence-electron chi connectivity index (χ4n) is 4.90. The van der Waals surface area contributed by atoms with Crippen LogP contribution in [-0.4, -0.2) is 65.6 Å². The highest BCUT2D eigenvalue weighted by Crippen LogP contribution is 2.24. The van der Waals surface area contributed by atoms with Crippen LogP contribution in [0.15, 0.2) is 24.3 Å². The summed E-state index contributed by atoms with van der Waals surface area (Å²) in [5.41, 5.74) is 1.09. The molecule has 2 unspecified atom stereocenters. The van der Waals surface area contributed by atoms with E-state index in [9.17, 15) is 4.79 Å². The van der Waals surface area contributed by atoms with E-state index < -0.39 is 0 Å². The first-order valence-electron chi connectivity index (χ1n) is 11.6. The highest BCUT2D eigenvalue weighted by atomic mass is 32.1. The number of morpholine rings is 1. The molecular formula is C24H35N3O2S. The molecule has 3 heterocycles. The van der Waals surface area contributed by atoms with Gasteiger partial charge in [0, 0.05) is 39.1 Å². The highest BCUT2D eigenvalue weighted by molar-refractivity contribution is 7.18. The molecule has 0 spiro atoms. The van der Waals surface area contributed by atoms with E-state index in [-0.39, 0.29) is 0 Å². The van der Waals surface area contributed by atoms with Crippen molar-refractivity contribution >= 4 is 27.5 Å². The molecule has 4 rings (SSSR count). The van der Waals surface area contributed by atoms with E-state index in [1.165, 1.54) is 9.71 Å². The van der Waals surface area contributed by atoms with Gasteiger partial charge in [0.25, 0.3) is 0 Å². The number of benzene rings is 1. The Morgan fingerprint density at radius 1 is 1.13 bits per heavy atom. The van der Waals surface area contributed by atoms with Crippen molar-refractivity contribution in [2.45, 2.75) is 64.6 Å². The Labute approximate surface area is 184 Å². The fourth-order valence-corrected chi connectivity index (χ4v) is 5.91. The van der Waals surface area contributed by atoms with Crippen LogP contribution in [0.2, 0.25) is 0 Å². The van der Waals surface area contributed by atoms with Crippen molar-refractivity contribution in [1.29, 1.82) is 0 Å². The van der Waals surface area contributed by atoms with Gasteiger partial charge >= 0.3 is 0 Å². The van der Waals surface area contributed by atoms with E-state index in [4.69, 9.17) is 9.72 Å². The van der Waals surface area contributed by atoms with Gasteiger partial charge in [0.05, 0.1) is 27.4 Å². The molecule has 5 nitrogen and oxygen atoms in total. The first kappa shape index (κ1) is 21.7. The molecule has 0 aliphatic carbocycles. The number of aromatic nitrogens is 1. The molecule has 0 N–H and O–H groups in total.